The number of piperidine rings is 1. The standard InChI is InChI=1S/C23H26N4O4/c28-21(26-9-15-2-1-3-16(15)10-26)18-4-5-20-17-6-14(8-27(20)22(18)29)7-25(11-17)23(30)19-12-31-13-24-19/h4-5,12-17H,1-3,6-11H2/t14-,15-,16+,17+/m0/s1. The van der Waals surface area contributed by atoms with Gasteiger partial charge < -0.3 is 18.8 Å². The van der Waals surface area contributed by atoms with Crippen molar-refractivity contribution in [3.05, 3.63) is 52.1 Å². The SMILES string of the molecule is O=C(c1cocn1)N1C[C@@H]2C[C@H](C1)c1ccc(C(=O)N3C[C@H]4CCC[C@H]4C3)c(=O)n1C2. The van der Waals surface area contributed by atoms with Crippen LogP contribution in [0, 0.1) is 17.8 Å². The third kappa shape index (κ3) is 3.03. The quantitative estimate of drug-likeness (QED) is 0.738. The zero-order valence-corrected chi connectivity index (χ0v) is 17.4. The molecule has 6 rings (SSSR count). The van der Waals surface area contributed by atoms with Crippen molar-refractivity contribution in [2.24, 2.45) is 17.8 Å². The molecular weight excluding hydrogens is 396 g/mol. The molecule has 0 unspecified atom stereocenters. The van der Waals surface area contributed by atoms with Crippen molar-refractivity contribution in [1.29, 1.82) is 0 Å². The average molecular weight is 422 g/mol. The lowest BCUT2D eigenvalue weighted by atomic mass is 9.83. The Morgan fingerprint density at radius 1 is 0.968 bits per heavy atom. The second-order valence-corrected chi connectivity index (χ2v) is 9.63. The first-order valence-corrected chi connectivity index (χ1v) is 11.3. The van der Waals surface area contributed by atoms with Gasteiger partial charge in [0, 0.05) is 44.3 Å². The van der Waals surface area contributed by atoms with E-state index in [2.05, 4.69) is 4.98 Å². The van der Waals surface area contributed by atoms with Gasteiger partial charge in [0.2, 0.25) is 0 Å². The first kappa shape index (κ1) is 18.8. The summed E-state index contributed by atoms with van der Waals surface area (Å²) < 4.78 is 6.75. The van der Waals surface area contributed by atoms with Crippen LogP contribution < -0.4 is 5.56 Å². The number of fused-ring (bicyclic) bond motifs is 5. The van der Waals surface area contributed by atoms with Gasteiger partial charge in [0.05, 0.1) is 0 Å². The zero-order chi connectivity index (χ0) is 21.1. The van der Waals surface area contributed by atoms with Crippen molar-refractivity contribution in [3.8, 4) is 0 Å². The second kappa shape index (κ2) is 7.07. The van der Waals surface area contributed by atoms with Gasteiger partial charge in [0.15, 0.2) is 12.1 Å². The summed E-state index contributed by atoms with van der Waals surface area (Å²) in [4.78, 5) is 46.9. The summed E-state index contributed by atoms with van der Waals surface area (Å²) in [5.74, 6) is 1.25. The highest BCUT2D eigenvalue weighted by atomic mass is 16.3. The van der Waals surface area contributed by atoms with Gasteiger partial charge in [-0.05, 0) is 49.1 Å². The van der Waals surface area contributed by atoms with Crippen LogP contribution in [0.25, 0.3) is 0 Å². The minimum atomic E-state index is -0.175. The van der Waals surface area contributed by atoms with Gasteiger partial charge in [0.1, 0.15) is 11.8 Å². The predicted molar refractivity (Wildman–Crippen MR) is 111 cm³/mol. The highest BCUT2D eigenvalue weighted by molar-refractivity contribution is 5.94. The van der Waals surface area contributed by atoms with E-state index < -0.39 is 0 Å². The van der Waals surface area contributed by atoms with Crippen molar-refractivity contribution in [2.45, 2.75) is 38.1 Å². The summed E-state index contributed by atoms with van der Waals surface area (Å²) in [6.45, 7) is 3.25. The van der Waals surface area contributed by atoms with Crippen molar-refractivity contribution < 1.29 is 14.0 Å². The number of hydrogen-bond acceptors (Lipinski definition) is 5. The monoisotopic (exact) mass is 422 g/mol. The van der Waals surface area contributed by atoms with Gasteiger partial charge in [0.25, 0.3) is 17.4 Å². The number of oxazole rings is 1. The first-order valence-electron chi connectivity index (χ1n) is 11.3. The smallest absolute Gasteiger partial charge is 0.275 e. The largest absolute Gasteiger partial charge is 0.451 e. The van der Waals surface area contributed by atoms with Gasteiger partial charge in [-0.15, -0.1) is 0 Å². The molecule has 8 heteroatoms. The van der Waals surface area contributed by atoms with Crippen molar-refractivity contribution in [2.75, 3.05) is 26.2 Å². The molecule has 0 N–H and O–H groups in total. The van der Waals surface area contributed by atoms with E-state index in [0.29, 0.717) is 42.7 Å². The number of hydrogen-bond donors (Lipinski definition) is 0. The fraction of sp³-hybridized carbons (Fsp3) is 0.565. The summed E-state index contributed by atoms with van der Waals surface area (Å²) in [6.07, 6.45) is 7.24. The predicted octanol–water partition coefficient (Wildman–Crippen LogP) is 1.97. The van der Waals surface area contributed by atoms with E-state index in [0.717, 1.165) is 25.2 Å². The molecule has 5 heterocycles. The number of likely N-dealkylation sites (tertiary alicyclic amines) is 2. The lowest BCUT2D eigenvalue weighted by molar-refractivity contribution is 0.0588. The van der Waals surface area contributed by atoms with E-state index in [1.54, 1.807) is 10.6 Å². The molecule has 0 radical (unpaired) electrons. The van der Waals surface area contributed by atoms with Crippen LogP contribution in [-0.4, -0.2) is 57.3 Å². The van der Waals surface area contributed by atoms with Crippen LogP contribution >= 0.6 is 0 Å². The van der Waals surface area contributed by atoms with Gasteiger partial charge in [-0.1, -0.05) is 6.42 Å². The van der Waals surface area contributed by atoms with Crippen LogP contribution in [0.3, 0.4) is 0 Å². The molecule has 8 nitrogen and oxygen atoms in total. The van der Waals surface area contributed by atoms with Crippen LogP contribution in [0.5, 0.6) is 0 Å². The Morgan fingerprint density at radius 2 is 1.74 bits per heavy atom. The maximum Gasteiger partial charge on any atom is 0.275 e. The number of rotatable bonds is 2. The minimum absolute atomic E-state index is 0.0892. The Labute approximate surface area is 179 Å². The molecule has 31 heavy (non-hydrogen) atoms. The molecule has 2 bridgehead atoms. The van der Waals surface area contributed by atoms with Crippen molar-refractivity contribution in [1.82, 2.24) is 19.4 Å². The summed E-state index contributed by atoms with van der Waals surface area (Å²) in [6, 6.07) is 3.64. The summed E-state index contributed by atoms with van der Waals surface area (Å²) >= 11 is 0. The molecular formula is C23H26N4O4. The highest BCUT2D eigenvalue weighted by Crippen LogP contribution is 2.38. The lowest BCUT2D eigenvalue weighted by Gasteiger charge is -2.42. The van der Waals surface area contributed by atoms with E-state index in [4.69, 9.17) is 4.42 Å². The minimum Gasteiger partial charge on any atom is -0.451 e. The summed E-state index contributed by atoms with van der Waals surface area (Å²) in [7, 11) is 0. The molecule has 1 saturated carbocycles. The molecule has 2 aromatic heterocycles. The van der Waals surface area contributed by atoms with Crippen LogP contribution in [0.4, 0.5) is 0 Å². The zero-order valence-electron chi connectivity index (χ0n) is 17.4. The number of pyridine rings is 1. The van der Waals surface area contributed by atoms with Crippen LogP contribution in [-0.2, 0) is 6.54 Å². The lowest BCUT2D eigenvalue weighted by Crippen LogP contribution is -2.50. The molecule has 0 spiro atoms. The summed E-state index contributed by atoms with van der Waals surface area (Å²) in [5.41, 5.74) is 1.35. The first-order chi connectivity index (χ1) is 15.1. The fourth-order valence-corrected chi connectivity index (χ4v) is 6.33. The highest BCUT2D eigenvalue weighted by Gasteiger charge is 2.40. The normalized spacial score (nSPS) is 29.0. The third-order valence-corrected chi connectivity index (χ3v) is 7.79. The number of amides is 2. The average Bonchev–Trinajstić information content (AvgIpc) is 3.51. The number of nitrogens with zero attached hydrogens (tertiary/aromatic N) is 4. The number of carbonyl (C=O) groups excluding carboxylic acids is 2. The molecule has 2 amide bonds. The maximum atomic E-state index is 13.3. The van der Waals surface area contributed by atoms with E-state index in [1.165, 1.54) is 31.9 Å². The third-order valence-electron chi connectivity index (χ3n) is 7.79. The van der Waals surface area contributed by atoms with E-state index in [-0.39, 0.29) is 29.2 Å². The summed E-state index contributed by atoms with van der Waals surface area (Å²) in [5, 5.41) is 0. The molecule has 1 aliphatic carbocycles. The van der Waals surface area contributed by atoms with Gasteiger partial charge >= 0.3 is 0 Å². The van der Waals surface area contributed by atoms with E-state index in [1.807, 2.05) is 15.9 Å². The van der Waals surface area contributed by atoms with Gasteiger partial charge in [-0.3, -0.25) is 14.4 Å². The van der Waals surface area contributed by atoms with Crippen LogP contribution in [0.2, 0.25) is 0 Å². The Morgan fingerprint density at radius 3 is 2.48 bits per heavy atom. The number of carbonyl (C=O) groups is 2. The van der Waals surface area contributed by atoms with E-state index in [9.17, 15) is 14.4 Å². The van der Waals surface area contributed by atoms with Gasteiger partial charge in [-0.2, -0.15) is 0 Å². The van der Waals surface area contributed by atoms with E-state index >= 15 is 0 Å². The Hall–Kier alpha value is -2.90. The maximum absolute atomic E-state index is 13.3. The molecule has 3 aliphatic heterocycles. The van der Waals surface area contributed by atoms with Crippen molar-refractivity contribution in [3.63, 3.8) is 0 Å². The fourth-order valence-electron chi connectivity index (χ4n) is 6.33. The molecule has 4 atom stereocenters. The molecule has 162 valence electrons. The van der Waals surface area contributed by atoms with Crippen LogP contribution in [0.15, 0.2) is 34.0 Å². The Kier molecular flexibility index (Phi) is 4.30. The molecule has 3 fully saturated rings. The molecule has 2 saturated heterocycles. The Bertz CT molecular complexity index is 1080. The molecule has 0 aromatic carbocycles. The second-order valence-electron chi connectivity index (χ2n) is 9.63. The van der Waals surface area contributed by atoms with Crippen molar-refractivity contribution >= 4 is 11.8 Å². The number of aromatic nitrogens is 2. The van der Waals surface area contributed by atoms with Gasteiger partial charge in [-0.25, -0.2) is 4.98 Å². The topological polar surface area (TPSA) is 88.7 Å². The molecule has 2 aromatic rings. The van der Waals surface area contributed by atoms with Crippen LogP contribution in [0.1, 0.15) is 58.1 Å². The molecule has 4 aliphatic rings. The Balaban J connectivity index is 1.25.